The summed E-state index contributed by atoms with van der Waals surface area (Å²) in [6.45, 7) is 0. The average Bonchev–Trinajstić information content (AvgIpc) is 3.56. The maximum atomic E-state index is 12.8. The second-order valence-electron chi connectivity index (χ2n) is 14.4. The van der Waals surface area contributed by atoms with E-state index in [1.165, 1.54) is 25.3 Å². The molecule has 11 rings (SSSR count). The second kappa shape index (κ2) is 14.6. The number of carbonyl (C=O) groups excluding carboxylic acids is 2. The minimum Gasteiger partial charge on any atom is -0.508 e. The Hall–Kier alpha value is -8.11. The van der Waals surface area contributed by atoms with Gasteiger partial charge in [0.05, 0.1) is 36.1 Å². The van der Waals surface area contributed by atoms with Crippen molar-refractivity contribution >= 4 is 44.5 Å². The third-order valence-corrected chi connectivity index (χ3v) is 11.2. The van der Waals surface area contributed by atoms with Gasteiger partial charge in [0.25, 0.3) is 0 Å². The van der Waals surface area contributed by atoms with Gasteiger partial charge in [-0.3, -0.25) is 4.79 Å². The molecule has 4 aliphatic rings. The van der Waals surface area contributed by atoms with Gasteiger partial charge in [0.2, 0.25) is 0 Å². The molecule has 1 spiro atoms. The largest absolute Gasteiger partial charge is 0.508 e. The van der Waals surface area contributed by atoms with E-state index in [4.69, 9.17) is 23.4 Å². The zero-order valence-corrected chi connectivity index (χ0v) is 32.0. The molecule has 0 saturated heterocycles. The molecule has 0 radical (unpaired) electrons. The number of carbonyl (C=O) groups is 2. The topological polar surface area (TPSA) is 142 Å². The molecular weight excluding hydrogens is 773 g/mol. The molecule has 0 saturated carbocycles. The second-order valence-corrected chi connectivity index (χ2v) is 14.4. The molecule has 0 amide bonds. The molecule has 300 valence electrons. The molecule has 0 fully saturated rings. The first-order chi connectivity index (χ1) is 29.2. The van der Waals surface area contributed by atoms with Gasteiger partial charge in [0.15, 0.2) is 11.0 Å². The monoisotopic (exact) mass is 808 g/mol. The Morgan fingerprint density at radius 3 is 2.18 bits per heavy atom. The zero-order valence-electron chi connectivity index (χ0n) is 32.0. The summed E-state index contributed by atoms with van der Waals surface area (Å²) in [7, 11) is 2.97. The predicted octanol–water partition coefficient (Wildman–Crippen LogP) is 11.0. The van der Waals surface area contributed by atoms with E-state index in [2.05, 4.69) is 0 Å². The van der Waals surface area contributed by atoms with Crippen LogP contribution in [0.4, 0.5) is 0 Å². The van der Waals surface area contributed by atoms with E-state index in [0.717, 1.165) is 32.7 Å². The first kappa shape index (κ1) is 38.4. The average molecular weight is 809 g/mol. The van der Waals surface area contributed by atoms with E-state index in [-0.39, 0.29) is 24.4 Å². The van der Waals surface area contributed by atoms with E-state index in [1.54, 1.807) is 61.7 Å². The molecule has 7 aromatic rings. The lowest BCUT2D eigenvalue weighted by atomic mass is 9.77. The number of hydrogen-bond donors (Lipinski definition) is 2. The van der Waals surface area contributed by atoms with Crippen LogP contribution in [-0.4, -0.2) is 36.4 Å². The highest BCUT2D eigenvalue weighted by atomic mass is 16.6. The third kappa shape index (κ3) is 5.83. The van der Waals surface area contributed by atoms with E-state index >= 15 is 0 Å². The number of fused-ring (bicyclic) bond motifs is 12. The van der Waals surface area contributed by atoms with E-state index < -0.39 is 17.5 Å². The molecule has 0 bridgehead atoms. The van der Waals surface area contributed by atoms with Crippen LogP contribution in [0.5, 0.6) is 28.7 Å². The van der Waals surface area contributed by atoms with Crippen molar-refractivity contribution in [1.29, 1.82) is 0 Å². The molecule has 10 heteroatoms. The molecule has 1 aliphatic carbocycles. The summed E-state index contributed by atoms with van der Waals surface area (Å²) >= 11 is 0. The summed E-state index contributed by atoms with van der Waals surface area (Å²) in [5, 5.41) is 24.5. The minimum absolute atomic E-state index is 0. The van der Waals surface area contributed by atoms with Crippen molar-refractivity contribution in [3.8, 4) is 51.2 Å². The Kier molecular flexibility index (Phi) is 9.20. The molecule has 1 atom stereocenters. The molecule has 0 aromatic heterocycles. The van der Waals surface area contributed by atoms with Crippen LogP contribution in [0.1, 0.15) is 44.8 Å². The number of benzene rings is 8. The summed E-state index contributed by atoms with van der Waals surface area (Å²) in [6, 6.07) is 42.6. The number of methoxy groups -OCH3 is 2. The quantitative estimate of drug-likeness (QED) is 0.101. The third-order valence-electron chi connectivity index (χ3n) is 11.2. The summed E-state index contributed by atoms with van der Waals surface area (Å²) in [6.07, 6.45) is 0. The van der Waals surface area contributed by atoms with Crippen molar-refractivity contribution in [2.45, 2.75) is 13.0 Å². The van der Waals surface area contributed by atoms with Crippen LogP contribution in [0.15, 0.2) is 155 Å². The highest BCUT2D eigenvalue weighted by molar-refractivity contribution is 6.16. The molecule has 1 unspecified atom stereocenters. The Bertz CT molecular complexity index is 3290. The number of phenolic OH excluding ortho intramolecular Hbond substituents is 2. The van der Waals surface area contributed by atoms with Crippen LogP contribution in [0.2, 0.25) is 0 Å². The molecular formula is C51H36O10. The SMILES string of the molecule is C.COC(=O)c1ccccc1-c1c2ccc(=O)cc-2oc2c1ccc1cccc(OC)c12.O=C1OC2(c3ccc(O)cc3Oc3c2ccc2cccc(O)c32)c2ccccc21. The number of ether oxygens (including phenoxy) is 4. The van der Waals surface area contributed by atoms with Gasteiger partial charge < -0.3 is 33.6 Å². The van der Waals surface area contributed by atoms with E-state index in [1.807, 2.05) is 72.8 Å². The van der Waals surface area contributed by atoms with Crippen LogP contribution < -0.4 is 14.9 Å². The van der Waals surface area contributed by atoms with Crippen molar-refractivity contribution in [3.05, 3.63) is 184 Å². The van der Waals surface area contributed by atoms with Gasteiger partial charge in [0.1, 0.15) is 40.1 Å². The van der Waals surface area contributed by atoms with Gasteiger partial charge in [-0.2, -0.15) is 0 Å². The standard InChI is InChI=1S/C26H18O5.C24H14O5.CH4/c1-29-21-9-5-6-15-10-12-20-24(17-7-3-4-8-18(17)26(28)30-2)19-13-11-16(27)14-22(19)31-25(20)23(15)21;25-14-9-11-17-20(12-14)28-22-18(10-8-13-4-3-7-19(26)21(13)22)24(17)16-6-2-1-5-15(16)23(27)29-24;/h3-14H,1-2H3;1-12,25-26H;1H4. The van der Waals surface area contributed by atoms with Crippen LogP contribution in [0, 0.1) is 0 Å². The maximum Gasteiger partial charge on any atom is 0.340 e. The zero-order chi connectivity index (χ0) is 41.3. The van der Waals surface area contributed by atoms with Gasteiger partial charge in [-0.15, -0.1) is 0 Å². The van der Waals surface area contributed by atoms with Crippen LogP contribution in [-0.2, 0) is 15.1 Å². The molecule has 2 N–H and O–H groups in total. The lowest BCUT2D eigenvalue weighted by Crippen LogP contribution is -2.33. The first-order valence-corrected chi connectivity index (χ1v) is 18.9. The van der Waals surface area contributed by atoms with Crippen molar-refractivity contribution < 1.29 is 43.2 Å². The highest BCUT2D eigenvalue weighted by Crippen LogP contribution is 2.58. The summed E-state index contributed by atoms with van der Waals surface area (Å²) in [4.78, 5) is 37.4. The molecule has 3 aliphatic heterocycles. The van der Waals surface area contributed by atoms with Crippen LogP contribution in [0.25, 0.3) is 55.0 Å². The highest BCUT2D eigenvalue weighted by Gasteiger charge is 2.54. The maximum absolute atomic E-state index is 12.8. The van der Waals surface area contributed by atoms with Gasteiger partial charge in [-0.1, -0.05) is 80.2 Å². The van der Waals surface area contributed by atoms with Crippen LogP contribution >= 0.6 is 0 Å². The molecule has 7 aromatic carbocycles. The van der Waals surface area contributed by atoms with Crippen LogP contribution in [0.3, 0.4) is 0 Å². The van der Waals surface area contributed by atoms with Crippen molar-refractivity contribution in [1.82, 2.24) is 0 Å². The number of esters is 2. The van der Waals surface area contributed by atoms with Crippen molar-refractivity contribution in [3.63, 3.8) is 0 Å². The van der Waals surface area contributed by atoms with Crippen molar-refractivity contribution in [2.75, 3.05) is 14.2 Å². The lowest BCUT2D eigenvalue weighted by Gasteiger charge is -2.37. The summed E-state index contributed by atoms with van der Waals surface area (Å²) in [5.74, 6) is 1.12. The Balaban J connectivity index is 0.000000154. The van der Waals surface area contributed by atoms with Gasteiger partial charge in [-0.05, 0) is 77.0 Å². The van der Waals surface area contributed by atoms with E-state index in [9.17, 15) is 24.6 Å². The first-order valence-electron chi connectivity index (χ1n) is 18.9. The lowest BCUT2D eigenvalue weighted by molar-refractivity contribution is 0.0225. The smallest absolute Gasteiger partial charge is 0.340 e. The predicted molar refractivity (Wildman–Crippen MR) is 232 cm³/mol. The van der Waals surface area contributed by atoms with Crippen molar-refractivity contribution in [2.24, 2.45) is 0 Å². The normalized spacial score (nSPS) is 14.6. The number of rotatable bonds is 3. The van der Waals surface area contributed by atoms with Gasteiger partial charge in [0, 0.05) is 45.3 Å². The summed E-state index contributed by atoms with van der Waals surface area (Å²) in [5.41, 5.74) is 4.31. The van der Waals surface area contributed by atoms with Gasteiger partial charge >= 0.3 is 11.9 Å². The minimum atomic E-state index is -1.22. The fourth-order valence-corrected chi connectivity index (χ4v) is 8.58. The number of hydrogen-bond acceptors (Lipinski definition) is 10. The molecule has 10 nitrogen and oxygen atoms in total. The number of aromatic hydroxyl groups is 2. The Labute approximate surface area is 348 Å². The fourth-order valence-electron chi connectivity index (χ4n) is 8.58. The van der Waals surface area contributed by atoms with E-state index in [0.29, 0.717) is 67.4 Å². The number of phenols is 2. The Morgan fingerprint density at radius 1 is 0.656 bits per heavy atom. The van der Waals surface area contributed by atoms with Gasteiger partial charge in [-0.25, -0.2) is 9.59 Å². The molecule has 61 heavy (non-hydrogen) atoms. The summed E-state index contributed by atoms with van der Waals surface area (Å²) < 4.78 is 29.1. The fraction of sp³-hybridized carbons (Fsp3) is 0.0784. The Morgan fingerprint density at radius 2 is 1.38 bits per heavy atom. The molecule has 3 heterocycles.